The molecule has 0 aliphatic heterocycles. The van der Waals surface area contributed by atoms with Crippen LogP contribution < -0.4 is 10.1 Å². The van der Waals surface area contributed by atoms with E-state index in [0.717, 1.165) is 18.0 Å². The number of nitrogens with zero attached hydrogens (tertiary/aromatic N) is 2. The van der Waals surface area contributed by atoms with Gasteiger partial charge in [0.1, 0.15) is 5.75 Å². The molecule has 1 aromatic heterocycles. The van der Waals surface area contributed by atoms with Crippen LogP contribution in [0.3, 0.4) is 0 Å². The fourth-order valence-electron chi connectivity index (χ4n) is 2.15. The maximum Gasteiger partial charge on any atom is 0.226 e. The SMILES string of the molecule is CCNc1nc(C)cc(Oc2cc(C)ccc2C(C)C)n1. The van der Waals surface area contributed by atoms with Crippen LogP contribution in [0.1, 0.15) is 43.5 Å². The van der Waals surface area contributed by atoms with Gasteiger partial charge in [0.2, 0.25) is 11.8 Å². The zero-order chi connectivity index (χ0) is 15.4. The molecule has 1 N–H and O–H groups in total. The Morgan fingerprint density at radius 3 is 2.57 bits per heavy atom. The molecule has 1 aromatic carbocycles. The lowest BCUT2D eigenvalue weighted by Crippen LogP contribution is -2.04. The van der Waals surface area contributed by atoms with E-state index >= 15 is 0 Å². The van der Waals surface area contributed by atoms with Crippen molar-refractivity contribution in [1.29, 1.82) is 0 Å². The Balaban J connectivity index is 2.35. The molecule has 0 aliphatic rings. The Morgan fingerprint density at radius 1 is 1.14 bits per heavy atom. The quantitative estimate of drug-likeness (QED) is 0.882. The van der Waals surface area contributed by atoms with Crippen molar-refractivity contribution in [3.05, 3.63) is 41.1 Å². The van der Waals surface area contributed by atoms with Gasteiger partial charge < -0.3 is 10.1 Å². The van der Waals surface area contributed by atoms with E-state index in [9.17, 15) is 0 Å². The second-order valence-electron chi connectivity index (χ2n) is 5.50. The summed E-state index contributed by atoms with van der Waals surface area (Å²) in [5, 5.41) is 3.12. The van der Waals surface area contributed by atoms with Crippen LogP contribution in [0, 0.1) is 13.8 Å². The summed E-state index contributed by atoms with van der Waals surface area (Å²) in [6.07, 6.45) is 0. The zero-order valence-corrected chi connectivity index (χ0v) is 13.4. The molecule has 0 saturated heterocycles. The lowest BCUT2D eigenvalue weighted by molar-refractivity contribution is 0.453. The third-order valence-electron chi connectivity index (χ3n) is 3.17. The van der Waals surface area contributed by atoms with E-state index in [1.54, 1.807) is 0 Å². The van der Waals surface area contributed by atoms with Crippen molar-refractivity contribution in [3.8, 4) is 11.6 Å². The topological polar surface area (TPSA) is 47.0 Å². The monoisotopic (exact) mass is 285 g/mol. The molecule has 4 heteroatoms. The minimum atomic E-state index is 0.400. The third-order valence-corrected chi connectivity index (χ3v) is 3.17. The van der Waals surface area contributed by atoms with Gasteiger partial charge in [0.25, 0.3) is 0 Å². The molecule has 0 atom stereocenters. The van der Waals surface area contributed by atoms with Gasteiger partial charge in [0.15, 0.2) is 0 Å². The number of aryl methyl sites for hydroxylation is 2. The van der Waals surface area contributed by atoms with E-state index in [-0.39, 0.29) is 0 Å². The van der Waals surface area contributed by atoms with Gasteiger partial charge in [-0.2, -0.15) is 4.98 Å². The summed E-state index contributed by atoms with van der Waals surface area (Å²) in [7, 11) is 0. The molecule has 1 heterocycles. The van der Waals surface area contributed by atoms with Crippen LogP contribution >= 0.6 is 0 Å². The Bertz CT molecular complexity index is 623. The molecule has 4 nitrogen and oxygen atoms in total. The van der Waals surface area contributed by atoms with Crippen molar-refractivity contribution in [3.63, 3.8) is 0 Å². The van der Waals surface area contributed by atoms with Gasteiger partial charge in [0, 0.05) is 18.3 Å². The highest BCUT2D eigenvalue weighted by atomic mass is 16.5. The smallest absolute Gasteiger partial charge is 0.226 e. The highest BCUT2D eigenvalue weighted by molar-refractivity contribution is 5.42. The molecule has 0 amide bonds. The minimum absolute atomic E-state index is 0.400. The molecule has 0 bridgehead atoms. The molecular weight excluding hydrogens is 262 g/mol. The number of rotatable bonds is 5. The molecule has 112 valence electrons. The Hall–Kier alpha value is -2.10. The molecule has 2 aromatic rings. The van der Waals surface area contributed by atoms with Crippen LogP contribution in [-0.4, -0.2) is 16.5 Å². The van der Waals surface area contributed by atoms with Gasteiger partial charge in [-0.15, -0.1) is 0 Å². The molecule has 0 saturated carbocycles. The summed E-state index contributed by atoms with van der Waals surface area (Å²) < 4.78 is 6.03. The van der Waals surface area contributed by atoms with E-state index in [1.165, 1.54) is 11.1 Å². The summed E-state index contributed by atoms with van der Waals surface area (Å²) in [4.78, 5) is 8.74. The second-order valence-corrected chi connectivity index (χ2v) is 5.50. The average molecular weight is 285 g/mol. The van der Waals surface area contributed by atoms with E-state index in [4.69, 9.17) is 4.74 Å². The Labute approximate surface area is 126 Å². The van der Waals surface area contributed by atoms with Crippen molar-refractivity contribution in [2.24, 2.45) is 0 Å². The number of aromatic nitrogens is 2. The predicted molar refractivity (Wildman–Crippen MR) is 86.3 cm³/mol. The highest BCUT2D eigenvalue weighted by Crippen LogP contribution is 2.31. The van der Waals surface area contributed by atoms with E-state index in [2.05, 4.69) is 54.3 Å². The molecule has 0 unspecified atom stereocenters. The second kappa shape index (κ2) is 6.57. The van der Waals surface area contributed by atoms with Crippen LogP contribution in [0.4, 0.5) is 5.95 Å². The number of anilines is 1. The molecular formula is C17H23N3O. The van der Waals surface area contributed by atoms with E-state index in [1.807, 2.05) is 19.9 Å². The van der Waals surface area contributed by atoms with Crippen molar-refractivity contribution >= 4 is 5.95 Å². The zero-order valence-electron chi connectivity index (χ0n) is 13.4. The first-order chi connectivity index (χ1) is 9.99. The molecule has 0 spiro atoms. The lowest BCUT2D eigenvalue weighted by Gasteiger charge is -2.14. The highest BCUT2D eigenvalue weighted by Gasteiger charge is 2.11. The third kappa shape index (κ3) is 3.94. The Kier molecular flexibility index (Phi) is 4.78. The van der Waals surface area contributed by atoms with E-state index in [0.29, 0.717) is 17.7 Å². The van der Waals surface area contributed by atoms with Crippen LogP contribution in [-0.2, 0) is 0 Å². The van der Waals surface area contributed by atoms with Gasteiger partial charge in [-0.1, -0.05) is 26.0 Å². The van der Waals surface area contributed by atoms with Crippen LogP contribution in [0.2, 0.25) is 0 Å². The normalized spacial score (nSPS) is 10.8. The van der Waals surface area contributed by atoms with Gasteiger partial charge in [-0.3, -0.25) is 0 Å². The first-order valence-electron chi connectivity index (χ1n) is 7.37. The average Bonchev–Trinajstić information content (AvgIpc) is 2.38. The van der Waals surface area contributed by atoms with Gasteiger partial charge >= 0.3 is 0 Å². The molecule has 21 heavy (non-hydrogen) atoms. The fourth-order valence-corrected chi connectivity index (χ4v) is 2.15. The Morgan fingerprint density at radius 2 is 1.90 bits per heavy atom. The van der Waals surface area contributed by atoms with Gasteiger partial charge in [0.05, 0.1) is 0 Å². The molecule has 0 fully saturated rings. The van der Waals surface area contributed by atoms with Crippen LogP contribution in [0.15, 0.2) is 24.3 Å². The summed E-state index contributed by atoms with van der Waals surface area (Å²) in [6, 6.07) is 8.14. The van der Waals surface area contributed by atoms with Crippen LogP contribution in [0.5, 0.6) is 11.6 Å². The largest absolute Gasteiger partial charge is 0.439 e. The van der Waals surface area contributed by atoms with Gasteiger partial charge in [-0.05, 0) is 43.9 Å². The van der Waals surface area contributed by atoms with Crippen molar-refractivity contribution in [2.45, 2.75) is 40.5 Å². The summed E-state index contributed by atoms with van der Waals surface area (Å²) >= 11 is 0. The maximum atomic E-state index is 6.03. The number of hydrogen-bond acceptors (Lipinski definition) is 4. The summed E-state index contributed by atoms with van der Waals surface area (Å²) in [5.74, 6) is 2.44. The first-order valence-corrected chi connectivity index (χ1v) is 7.37. The van der Waals surface area contributed by atoms with Crippen molar-refractivity contribution in [1.82, 2.24) is 9.97 Å². The summed E-state index contributed by atoms with van der Waals surface area (Å²) in [5.41, 5.74) is 3.24. The maximum absolute atomic E-state index is 6.03. The van der Waals surface area contributed by atoms with E-state index < -0.39 is 0 Å². The van der Waals surface area contributed by atoms with Crippen molar-refractivity contribution < 1.29 is 4.74 Å². The van der Waals surface area contributed by atoms with Gasteiger partial charge in [-0.25, -0.2) is 4.98 Å². The molecule has 0 aliphatic carbocycles. The number of ether oxygens (including phenoxy) is 1. The number of nitrogens with one attached hydrogen (secondary N) is 1. The molecule has 2 rings (SSSR count). The minimum Gasteiger partial charge on any atom is -0.439 e. The van der Waals surface area contributed by atoms with Crippen LogP contribution in [0.25, 0.3) is 0 Å². The first kappa shape index (κ1) is 15.3. The lowest BCUT2D eigenvalue weighted by atomic mass is 10.0. The fraction of sp³-hybridized carbons (Fsp3) is 0.412. The predicted octanol–water partition coefficient (Wildman–Crippen LogP) is 4.44. The molecule has 0 radical (unpaired) electrons. The summed E-state index contributed by atoms with van der Waals surface area (Å²) in [6.45, 7) is 11.1. The standard InChI is InChI=1S/C17H23N3O/c1-6-18-17-19-13(5)10-16(20-17)21-15-9-12(4)7-8-14(15)11(2)3/h7-11H,6H2,1-5H3,(H,18,19,20). The van der Waals surface area contributed by atoms with Crippen molar-refractivity contribution in [2.75, 3.05) is 11.9 Å². The number of benzene rings is 1. The number of hydrogen-bond donors (Lipinski definition) is 1.